The molecule has 18 heavy (non-hydrogen) atoms. The van der Waals surface area contributed by atoms with Crippen LogP contribution in [0.1, 0.15) is 19.3 Å². The molecule has 0 saturated heterocycles. The first kappa shape index (κ1) is 13.4. The summed E-state index contributed by atoms with van der Waals surface area (Å²) in [4.78, 5) is 12.6. The Hall–Kier alpha value is -1.07. The molecule has 0 aromatic heterocycles. The van der Waals surface area contributed by atoms with Crippen molar-refractivity contribution in [1.82, 2.24) is 5.32 Å². The Balaban J connectivity index is 1.79. The van der Waals surface area contributed by atoms with Crippen LogP contribution in [-0.2, 0) is 4.79 Å². The van der Waals surface area contributed by atoms with E-state index in [0.29, 0.717) is 0 Å². The monoisotopic (exact) mass is 269 g/mol. The number of carbonyl (C=O) groups is 1. The van der Waals surface area contributed by atoms with Crippen molar-refractivity contribution < 1.29 is 14.3 Å². The molecule has 0 radical (unpaired) electrons. The van der Waals surface area contributed by atoms with Gasteiger partial charge < -0.3 is 10.4 Å². The smallest absolute Gasteiger partial charge is 0.230 e. The van der Waals surface area contributed by atoms with Crippen molar-refractivity contribution in [2.24, 2.45) is 0 Å². The van der Waals surface area contributed by atoms with Gasteiger partial charge in [-0.1, -0.05) is 0 Å². The largest absolute Gasteiger partial charge is 0.394 e. The predicted octanol–water partition coefficient (Wildman–Crippen LogP) is 1.95. The van der Waals surface area contributed by atoms with E-state index in [9.17, 15) is 14.3 Å². The summed E-state index contributed by atoms with van der Waals surface area (Å²) >= 11 is 1.36. The number of carbonyl (C=O) groups excluding carboxylic acids is 1. The molecule has 0 unspecified atom stereocenters. The van der Waals surface area contributed by atoms with Gasteiger partial charge in [0.2, 0.25) is 5.91 Å². The highest BCUT2D eigenvalue weighted by molar-refractivity contribution is 8.00. The van der Waals surface area contributed by atoms with Crippen LogP contribution < -0.4 is 5.32 Å². The van der Waals surface area contributed by atoms with E-state index in [1.54, 1.807) is 12.1 Å². The number of benzene rings is 1. The van der Waals surface area contributed by atoms with E-state index in [4.69, 9.17) is 0 Å². The molecule has 1 aromatic rings. The number of rotatable bonds is 5. The van der Waals surface area contributed by atoms with Gasteiger partial charge >= 0.3 is 0 Å². The minimum atomic E-state index is -0.388. The second-order valence-electron chi connectivity index (χ2n) is 4.58. The summed E-state index contributed by atoms with van der Waals surface area (Å²) in [6.45, 7) is -0.0000448. The van der Waals surface area contributed by atoms with Crippen molar-refractivity contribution in [3.63, 3.8) is 0 Å². The number of nitrogens with one attached hydrogen (secondary N) is 1. The van der Waals surface area contributed by atoms with Crippen molar-refractivity contribution in [2.45, 2.75) is 29.7 Å². The molecule has 5 heteroatoms. The van der Waals surface area contributed by atoms with E-state index in [1.165, 1.54) is 23.9 Å². The van der Waals surface area contributed by atoms with Crippen molar-refractivity contribution in [3.8, 4) is 0 Å². The summed E-state index contributed by atoms with van der Waals surface area (Å²) in [5.41, 5.74) is -0.388. The number of hydrogen-bond donors (Lipinski definition) is 2. The van der Waals surface area contributed by atoms with Crippen LogP contribution in [0.15, 0.2) is 29.2 Å². The van der Waals surface area contributed by atoms with E-state index in [1.807, 2.05) is 0 Å². The van der Waals surface area contributed by atoms with Crippen LogP contribution in [0, 0.1) is 5.82 Å². The Morgan fingerprint density at radius 3 is 2.56 bits per heavy atom. The molecule has 1 saturated carbocycles. The third kappa shape index (κ3) is 3.23. The molecule has 1 aliphatic carbocycles. The third-order valence-corrected chi connectivity index (χ3v) is 4.21. The summed E-state index contributed by atoms with van der Waals surface area (Å²) in [5, 5.41) is 12.1. The lowest BCUT2D eigenvalue weighted by atomic mass is 9.77. The van der Waals surface area contributed by atoms with Gasteiger partial charge in [-0.2, -0.15) is 0 Å². The highest BCUT2D eigenvalue weighted by Crippen LogP contribution is 2.31. The van der Waals surface area contributed by atoms with E-state index in [2.05, 4.69) is 5.32 Å². The lowest BCUT2D eigenvalue weighted by Crippen LogP contribution is -2.56. The summed E-state index contributed by atoms with van der Waals surface area (Å²) in [6, 6.07) is 6.06. The van der Waals surface area contributed by atoms with Crippen LogP contribution in [0.4, 0.5) is 4.39 Å². The molecule has 1 amide bonds. The first-order valence-electron chi connectivity index (χ1n) is 5.94. The Bertz CT molecular complexity index is 412. The zero-order chi connectivity index (χ0) is 13.0. The summed E-state index contributed by atoms with van der Waals surface area (Å²) in [7, 11) is 0. The Morgan fingerprint density at radius 1 is 1.39 bits per heavy atom. The zero-order valence-electron chi connectivity index (χ0n) is 9.99. The first-order chi connectivity index (χ1) is 8.63. The summed E-state index contributed by atoms with van der Waals surface area (Å²) in [6.07, 6.45) is 2.73. The average Bonchev–Trinajstić information content (AvgIpc) is 2.33. The van der Waals surface area contributed by atoms with Gasteiger partial charge in [-0.3, -0.25) is 4.79 Å². The second kappa shape index (κ2) is 5.71. The Kier molecular flexibility index (Phi) is 4.24. The molecule has 0 atom stereocenters. The van der Waals surface area contributed by atoms with Gasteiger partial charge in [0, 0.05) is 4.90 Å². The quantitative estimate of drug-likeness (QED) is 0.803. The lowest BCUT2D eigenvalue weighted by molar-refractivity contribution is -0.122. The number of amides is 1. The zero-order valence-corrected chi connectivity index (χ0v) is 10.8. The van der Waals surface area contributed by atoms with Crippen molar-refractivity contribution in [2.75, 3.05) is 12.4 Å². The molecular weight excluding hydrogens is 253 g/mol. The molecule has 1 aromatic carbocycles. The molecular formula is C13H16FNO2S. The van der Waals surface area contributed by atoms with Crippen LogP contribution in [0.5, 0.6) is 0 Å². The number of aliphatic hydroxyl groups is 1. The van der Waals surface area contributed by atoms with Crippen LogP contribution in [0.25, 0.3) is 0 Å². The predicted molar refractivity (Wildman–Crippen MR) is 68.9 cm³/mol. The van der Waals surface area contributed by atoms with Gasteiger partial charge in [-0.25, -0.2) is 4.39 Å². The van der Waals surface area contributed by atoms with Gasteiger partial charge in [0.05, 0.1) is 17.9 Å². The second-order valence-corrected chi connectivity index (χ2v) is 5.63. The number of thioether (sulfide) groups is 1. The fourth-order valence-electron chi connectivity index (χ4n) is 1.94. The van der Waals surface area contributed by atoms with Gasteiger partial charge in [-0.15, -0.1) is 11.8 Å². The maximum Gasteiger partial charge on any atom is 0.230 e. The Labute approximate surface area is 110 Å². The minimum absolute atomic E-state index is 0.0000448. The molecule has 0 spiro atoms. The van der Waals surface area contributed by atoms with Crippen LogP contribution in [0.3, 0.4) is 0 Å². The number of aliphatic hydroxyl groups excluding tert-OH is 1. The summed E-state index contributed by atoms with van der Waals surface area (Å²) < 4.78 is 12.7. The van der Waals surface area contributed by atoms with E-state index in [-0.39, 0.29) is 29.6 Å². The molecule has 3 nitrogen and oxygen atoms in total. The lowest BCUT2D eigenvalue weighted by Gasteiger charge is -2.40. The van der Waals surface area contributed by atoms with Crippen LogP contribution in [0.2, 0.25) is 0 Å². The molecule has 1 fully saturated rings. The Morgan fingerprint density at radius 2 is 2.06 bits per heavy atom. The molecule has 98 valence electrons. The fourth-order valence-corrected chi connectivity index (χ4v) is 2.64. The highest BCUT2D eigenvalue weighted by Gasteiger charge is 2.37. The van der Waals surface area contributed by atoms with Crippen molar-refractivity contribution in [3.05, 3.63) is 30.1 Å². The van der Waals surface area contributed by atoms with Gasteiger partial charge in [0.1, 0.15) is 5.82 Å². The first-order valence-corrected chi connectivity index (χ1v) is 6.92. The molecule has 2 N–H and O–H groups in total. The van der Waals surface area contributed by atoms with Crippen molar-refractivity contribution >= 4 is 17.7 Å². The van der Waals surface area contributed by atoms with E-state index < -0.39 is 0 Å². The topological polar surface area (TPSA) is 49.3 Å². The fraction of sp³-hybridized carbons (Fsp3) is 0.462. The third-order valence-electron chi connectivity index (χ3n) is 3.20. The van der Waals surface area contributed by atoms with Gasteiger partial charge in [-0.05, 0) is 43.5 Å². The molecule has 0 heterocycles. The molecule has 0 aliphatic heterocycles. The van der Waals surface area contributed by atoms with Crippen LogP contribution in [-0.4, -0.2) is 28.9 Å². The van der Waals surface area contributed by atoms with Gasteiger partial charge in [0.15, 0.2) is 0 Å². The SMILES string of the molecule is O=C(CSc1ccc(F)cc1)NC1(CO)CCC1. The normalized spacial score (nSPS) is 17.0. The van der Waals surface area contributed by atoms with E-state index >= 15 is 0 Å². The van der Waals surface area contributed by atoms with Gasteiger partial charge in [0.25, 0.3) is 0 Å². The summed E-state index contributed by atoms with van der Waals surface area (Å²) in [5.74, 6) is -0.0801. The highest BCUT2D eigenvalue weighted by atomic mass is 32.2. The molecule has 0 bridgehead atoms. The molecule has 2 rings (SSSR count). The minimum Gasteiger partial charge on any atom is -0.394 e. The maximum absolute atomic E-state index is 12.7. The average molecular weight is 269 g/mol. The number of hydrogen-bond acceptors (Lipinski definition) is 3. The maximum atomic E-state index is 12.7. The van der Waals surface area contributed by atoms with Crippen molar-refractivity contribution in [1.29, 1.82) is 0 Å². The number of halogens is 1. The van der Waals surface area contributed by atoms with Crippen LogP contribution >= 0.6 is 11.8 Å². The molecule has 1 aliphatic rings. The standard InChI is InChI=1S/C13H16FNO2S/c14-10-2-4-11(5-3-10)18-8-12(17)15-13(9-16)6-1-7-13/h2-5,16H,1,6-9H2,(H,15,17). The van der Waals surface area contributed by atoms with E-state index in [0.717, 1.165) is 24.2 Å².